The van der Waals surface area contributed by atoms with E-state index in [9.17, 15) is 0 Å². The van der Waals surface area contributed by atoms with Crippen molar-refractivity contribution in [3.05, 3.63) is 28.2 Å². The van der Waals surface area contributed by atoms with E-state index in [1.165, 1.54) is 12.8 Å². The van der Waals surface area contributed by atoms with Crippen LogP contribution in [0.25, 0.3) is 0 Å². The summed E-state index contributed by atoms with van der Waals surface area (Å²) >= 11 is 11.9. The van der Waals surface area contributed by atoms with Gasteiger partial charge in [0.2, 0.25) is 0 Å². The van der Waals surface area contributed by atoms with E-state index in [4.69, 9.17) is 32.7 Å². The summed E-state index contributed by atoms with van der Waals surface area (Å²) in [7, 11) is 0. The molecule has 0 radical (unpaired) electrons. The summed E-state index contributed by atoms with van der Waals surface area (Å²) in [4.78, 5) is 0. The van der Waals surface area contributed by atoms with Gasteiger partial charge in [-0.2, -0.15) is 0 Å². The summed E-state index contributed by atoms with van der Waals surface area (Å²) in [5.74, 6) is 0.666. The maximum atomic E-state index is 6.07. The van der Waals surface area contributed by atoms with Crippen molar-refractivity contribution in [2.24, 2.45) is 0 Å². The fraction of sp³-hybridized carbons (Fsp3) is 0.600. The fourth-order valence-electron chi connectivity index (χ4n) is 2.41. The minimum absolute atomic E-state index is 0.160. The van der Waals surface area contributed by atoms with Crippen LogP contribution in [0.4, 0.5) is 0 Å². The van der Waals surface area contributed by atoms with Gasteiger partial charge < -0.3 is 14.8 Å². The average molecular weight is 316 g/mol. The van der Waals surface area contributed by atoms with Gasteiger partial charge in [-0.05, 0) is 43.9 Å². The maximum Gasteiger partial charge on any atom is 0.138 e. The van der Waals surface area contributed by atoms with Gasteiger partial charge >= 0.3 is 0 Å². The van der Waals surface area contributed by atoms with Crippen LogP contribution in [0.1, 0.15) is 25.7 Å². The maximum absolute atomic E-state index is 6.07. The summed E-state index contributed by atoms with van der Waals surface area (Å²) in [5.41, 5.74) is 0. The van der Waals surface area contributed by atoms with Crippen molar-refractivity contribution < 1.29 is 9.47 Å². The molecule has 1 aliphatic carbocycles. The second-order valence-electron chi connectivity index (χ2n) is 5.53. The Kier molecular flexibility index (Phi) is 4.72. The van der Waals surface area contributed by atoms with Gasteiger partial charge in [0.25, 0.3) is 0 Å². The summed E-state index contributed by atoms with van der Waals surface area (Å²) in [6.45, 7) is 1.50. The van der Waals surface area contributed by atoms with Gasteiger partial charge in [0.1, 0.15) is 12.4 Å². The van der Waals surface area contributed by atoms with Crippen LogP contribution in [-0.4, -0.2) is 31.4 Å². The fourth-order valence-corrected chi connectivity index (χ4v) is 2.88. The van der Waals surface area contributed by atoms with E-state index in [1.807, 2.05) is 0 Å². The molecular formula is C15H19Cl2NO2. The van der Waals surface area contributed by atoms with Crippen molar-refractivity contribution in [2.45, 2.75) is 43.9 Å². The van der Waals surface area contributed by atoms with Crippen molar-refractivity contribution >= 4 is 23.2 Å². The molecule has 0 amide bonds. The number of rotatable bonds is 6. The number of hydrogen-bond acceptors (Lipinski definition) is 3. The first-order valence-electron chi connectivity index (χ1n) is 7.17. The zero-order valence-corrected chi connectivity index (χ0v) is 12.8. The molecule has 5 heteroatoms. The average Bonchev–Trinajstić information content (AvgIpc) is 3.14. The van der Waals surface area contributed by atoms with E-state index in [1.54, 1.807) is 18.2 Å². The van der Waals surface area contributed by atoms with E-state index >= 15 is 0 Å². The lowest BCUT2D eigenvalue weighted by Gasteiger charge is -2.15. The molecule has 2 unspecified atom stereocenters. The van der Waals surface area contributed by atoms with Crippen LogP contribution in [0.15, 0.2) is 18.2 Å². The zero-order valence-electron chi connectivity index (χ0n) is 11.3. The Bertz CT molecular complexity index is 465. The van der Waals surface area contributed by atoms with E-state index in [0.717, 1.165) is 25.4 Å². The largest absolute Gasteiger partial charge is 0.489 e. The Hall–Kier alpha value is -0.480. The van der Waals surface area contributed by atoms with Crippen LogP contribution in [0.2, 0.25) is 10.0 Å². The summed E-state index contributed by atoms with van der Waals surface area (Å²) in [5, 5.41) is 4.67. The lowest BCUT2D eigenvalue weighted by Crippen LogP contribution is -2.29. The third-order valence-corrected chi connectivity index (χ3v) is 4.26. The lowest BCUT2D eigenvalue weighted by molar-refractivity contribution is 0.0184. The molecule has 110 valence electrons. The summed E-state index contributed by atoms with van der Waals surface area (Å²) in [6.07, 6.45) is 5.25. The molecule has 1 aromatic rings. The first kappa shape index (κ1) is 14.5. The van der Waals surface area contributed by atoms with Crippen molar-refractivity contribution in [2.75, 3.05) is 13.2 Å². The quantitative estimate of drug-likeness (QED) is 0.868. The van der Waals surface area contributed by atoms with Crippen molar-refractivity contribution in [1.29, 1.82) is 0 Å². The number of benzene rings is 1. The molecule has 1 saturated carbocycles. The third-order valence-electron chi connectivity index (χ3n) is 3.73. The van der Waals surface area contributed by atoms with Crippen molar-refractivity contribution in [1.82, 2.24) is 5.32 Å². The second kappa shape index (κ2) is 6.52. The smallest absolute Gasteiger partial charge is 0.138 e. The van der Waals surface area contributed by atoms with Crippen LogP contribution >= 0.6 is 23.2 Å². The van der Waals surface area contributed by atoms with E-state index < -0.39 is 0 Å². The van der Waals surface area contributed by atoms with E-state index in [-0.39, 0.29) is 6.10 Å². The van der Waals surface area contributed by atoms with Crippen LogP contribution in [0, 0.1) is 0 Å². The van der Waals surface area contributed by atoms with E-state index in [2.05, 4.69) is 5.32 Å². The minimum Gasteiger partial charge on any atom is -0.489 e. The third kappa shape index (κ3) is 4.01. The Morgan fingerprint density at radius 2 is 1.95 bits per heavy atom. The Balaban J connectivity index is 1.42. The molecule has 1 saturated heterocycles. The summed E-state index contributed by atoms with van der Waals surface area (Å²) in [6, 6.07) is 6.00. The van der Waals surface area contributed by atoms with Gasteiger partial charge in [-0.1, -0.05) is 23.2 Å². The minimum atomic E-state index is 0.160. The SMILES string of the molecule is Clc1ccc(OCC2CCC(CNC3CC3)O2)c(Cl)c1. The topological polar surface area (TPSA) is 30.5 Å². The number of hydrogen-bond donors (Lipinski definition) is 1. The highest BCUT2D eigenvalue weighted by molar-refractivity contribution is 6.35. The Morgan fingerprint density at radius 3 is 2.70 bits per heavy atom. The highest BCUT2D eigenvalue weighted by atomic mass is 35.5. The van der Waals surface area contributed by atoms with E-state index in [0.29, 0.717) is 28.5 Å². The van der Waals surface area contributed by atoms with Gasteiger partial charge in [0.05, 0.1) is 17.2 Å². The normalized spacial score (nSPS) is 25.9. The second-order valence-corrected chi connectivity index (χ2v) is 6.37. The molecule has 0 bridgehead atoms. The first-order chi connectivity index (χ1) is 9.70. The predicted molar refractivity (Wildman–Crippen MR) is 80.9 cm³/mol. The van der Waals surface area contributed by atoms with Crippen LogP contribution in [-0.2, 0) is 4.74 Å². The van der Waals surface area contributed by atoms with Gasteiger partial charge in [-0.3, -0.25) is 0 Å². The number of ether oxygens (including phenoxy) is 2. The highest BCUT2D eigenvalue weighted by Crippen LogP contribution is 2.29. The molecule has 1 aliphatic heterocycles. The van der Waals surface area contributed by atoms with Gasteiger partial charge in [-0.15, -0.1) is 0 Å². The predicted octanol–water partition coefficient (Wildman–Crippen LogP) is 3.67. The van der Waals surface area contributed by atoms with Crippen molar-refractivity contribution in [3.8, 4) is 5.75 Å². The molecule has 2 fully saturated rings. The van der Waals surface area contributed by atoms with Crippen LogP contribution in [0.3, 0.4) is 0 Å². The van der Waals surface area contributed by atoms with Gasteiger partial charge in [-0.25, -0.2) is 0 Å². The molecule has 2 atom stereocenters. The monoisotopic (exact) mass is 315 g/mol. The molecule has 3 rings (SSSR count). The number of nitrogens with one attached hydrogen (secondary N) is 1. The molecule has 1 heterocycles. The van der Waals surface area contributed by atoms with Gasteiger partial charge in [0, 0.05) is 17.6 Å². The molecule has 1 N–H and O–H groups in total. The molecular weight excluding hydrogens is 297 g/mol. The molecule has 3 nitrogen and oxygen atoms in total. The highest BCUT2D eigenvalue weighted by Gasteiger charge is 2.28. The molecule has 0 spiro atoms. The Morgan fingerprint density at radius 1 is 1.15 bits per heavy atom. The molecule has 20 heavy (non-hydrogen) atoms. The van der Waals surface area contributed by atoms with Crippen LogP contribution in [0.5, 0.6) is 5.75 Å². The summed E-state index contributed by atoms with van der Waals surface area (Å²) < 4.78 is 11.7. The standard InChI is InChI=1S/C15H19Cl2NO2/c16-10-1-6-15(14(17)7-10)19-9-13-5-4-12(20-13)8-18-11-2-3-11/h1,6-7,11-13,18H,2-5,8-9H2. The first-order valence-corrected chi connectivity index (χ1v) is 7.93. The molecule has 1 aromatic carbocycles. The van der Waals surface area contributed by atoms with Crippen molar-refractivity contribution in [3.63, 3.8) is 0 Å². The molecule has 2 aliphatic rings. The lowest BCUT2D eigenvalue weighted by atomic mass is 10.2. The zero-order chi connectivity index (χ0) is 13.9. The van der Waals surface area contributed by atoms with Gasteiger partial charge in [0.15, 0.2) is 0 Å². The molecule has 0 aromatic heterocycles. The van der Waals surface area contributed by atoms with Crippen LogP contribution < -0.4 is 10.1 Å². The number of halogens is 2. The Labute approximate surface area is 129 Å².